The van der Waals surface area contributed by atoms with Crippen LogP contribution in [0.25, 0.3) is 0 Å². The fourth-order valence-electron chi connectivity index (χ4n) is 3.34. The summed E-state index contributed by atoms with van der Waals surface area (Å²) < 4.78 is 0. The number of rotatable bonds is 5. The van der Waals surface area contributed by atoms with E-state index >= 15 is 0 Å². The maximum atomic E-state index is 12.8. The molecule has 24 heavy (non-hydrogen) atoms. The number of hydrogen-bond donors (Lipinski definition) is 1. The van der Waals surface area contributed by atoms with Crippen molar-refractivity contribution >= 4 is 17.3 Å². The van der Waals surface area contributed by atoms with Crippen molar-refractivity contribution in [3.63, 3.8) is 0 Å². The van der Waals surface area contributed by atoms with Crippen LogP contribution in [0, 0.1) is 0 Å². The maximum absolute atomic E-state index is 12.8. The predicted octanol–water partition coefficient (Wildman–Crippen LogP) is 3.07. The first-order valence-corrected chi connectivity index (χ1v) is 8.63. The van der Waals surface area contributed by atoms with Crippen LogP contribution in [0.3, 0.4) is 0 Å². The Morgan fingerprint density at radius 2 is 1.96 bits per heavy atom. The number of likely N-dealkylation sites (N-methyl/N-ethyl adjacent to an activating group) is 1. The minimum atomic E-state index is 0.164. The van der Waals surface area contributed by atoms with Crippen LogP contribution in [0.15, 0.2) is 48.5 Å². The summed E-state index contributed by atoms with van der Waals surface area (Å²) in [4.78, 5) is 16.9. The lowest BCUT2D eigenvalue weighted by Crippen LogP contribution is -2.42. The Labute approximate surface area is 143 Å². The number of carbonyl (C=O) groups excluding carboxylic acids is 1. The van der Waals surface area contributed by atoms with E-state index in [1.54, 1.807) is 0 Å². The lowest BCUT2D eigenvalue weighted by molar-refractivity contribution is -0.130. The Bertz CT molecular complexity index is 699. The Hall–Kier alpha value is -2.49. The van der Waals surface area contributed by atoms with Gasteiger partial charge in [-0.2, -0.15) is 0 Å². The first-order chi connectivity index (χ1) is 11.7. The van der Waals surface area contributed by atoms with Gasteiger partial charge in [0, 0.05) is 31.0 Å². The first kappa shape index (κ1) is 16.4. The summed E-state index contributed by atoms with van der Waals surface area (Å²) in [7, 11) is 0. The first-order valence-electron chi connectivity index (χ1n) is 8.63. The second-order valence-electron chi connectivity index (χ2n) is 6.26. The number of hydrogen-bond acceptors (Lipinski definition) is 3. The molecule has 1 aliphatic heterocycles. The molecule has 126 valence electrons. The Morgan fingerprint density at radius 3 is 2.71 bits per heavy atom. The molecule has 0 radical (unpaired) electrons. The van der Waals surface area contributed by atoms with E-state index in [9.17, 15) is 4.79 Å². The molecule has 0 fully saturated rings. The highest BCUT2D eigenvalue weighted by molar-refractivity contribution is 5.82. The van der Waals surface area contributed by atoms with Crippen molar-refractivity contribution in [2.45, 2.75) is 26.3 Å². The summed E-state index contributed by atoms with van der Waals surface area (Å²) in [5.74, 6) is 0.164. The zero-order chi connectivity index (χ0) is 16.9. The highest BCUT2D eigenvalue weighted by atomic mass is 16.2. The van der Waals surface area contributed by atoms with Gasteiger partial charge in [0.25, 0.3) is 0 Å². The Balaban J connectivity index is 1.71. The highest BCUT2D eigenvalue weighted by Gasteiger charge is 2.22. The van der Waals surface area contributed by atoms with Crippen molar-refractivity contribution in [2.24, 2.45) is 0 Å². The molecule has 3 rings (SSSR count). The number of nitrogen functional groups attached to an aromatic ring is 1. The van der Waals surface area contributed by atoms with Crippen molar-refractivity contribution in [1.29, 1.82) is 0 Å². The number of amides is 1. The normalized spacial score (nSPS) is 13.5. The molecular formula is C20H25N3O. The second-order valence-corrected chi connectivity index (χ2v) is 6.26. The lowest BCUT2D eigenvalue weighted by atomic mass is 10.00. The number of nitrogens with two attached hydrogens (primary N) is 1. The SMILES string of the molecule is CCN(Cc1ccccc1)C(=O)CN1CCCc2c(N)cccc21. The molecule has 1 heterocycles. The summed E-state index contributed by atoms with van der Waals surface area (Å²) in [6.45, 7) is 4.73. The van der Waals surface area contributed by atoms with Gasteiger partial charge in [-0.15, -0.1) is 0 Å². The minimum absolute atomic E-state index is 0.164. The van der Waals surface area contributed by atoms with E-state index in [-0.39, 0.29) is 5.91 Å². The van der Waals surface area contributed by atoms with Crippen LogP contribution in [0.2, 0.25) is 0 Å². The zero-order valence-electron chi connectivity index (χ0n) is 14.2. The smallest absolute Gasteiger partial charge is 0.242 e. The molecule has 0 unspecified atom stereocenters. The summed E-state index contributed by atoms with van der Waals surface area (Å²) in [6.07, 6.45) is 2.04. The number of fused-ring (bicyclic) bond motifs is 1. The monoisotopic (exact) mass is 323 g/mol. The molecule has 0 saturated heterocycles. The molecule has 1 amide bonds. The molecule has 2 N–H and O–H groups in total. The third kappa shape index (κ3) is 3.53. The Kier molecular flexibility index (Phi) is 5.04. The van der Waals surface area contributed by atoms with E-state index in [2.05, 4.69) is 23.1 Å². The van der Waals surface area contributed by atoms with Crippen LogP contribution in [0.4, 0.5) is 11.4 Å². The van der Waals surface area contributed by atoms with Gasteiger partial charge >= 0.3 is 0 Å². The van der Waals surface area contributed by atoms with Gasteiger partial charge in [-0.3, -0.25) is 4.79 Å². The number of anilines is 2. The van der Waals surface area contributed by atoms with E-state index in [1.165, 1.54) is 5.56 Å². The van der Waals surface area contributed by atoms with Crippen molar-refractivity contribution in [1.82, 2.24) is 4.90 Å². The fraction of sp³-hybridized carbons (Fsp3) is 0.350. The third-order valence-corrected chi connectivity index (χ3v) is 4.66. The van der Waals surface area contributed by atoms with Crippen LogP contribution in [-0.4, -0.2) is 30.4 Å². The molecule has 0 spiro atoms. The second kappa shape index (κ2) is 7.39. The van der Waals surface area contributed by atoms with Crippen LogP contribution in [-0.2, 0) is 17.8 Å². The summed E-state index contributed by atoms with van der Waals surface area (Å²) in [6, 6.07) is 16.1. The maximum Gasteiger partial charge on any atom is 0.242 e. The van der Waals surface area contributed by atoms with Crippen molar-refractivity contribution in [2.75, 3.05) is 30.3 Å². The molecule has 0 aliphatic carbocycles. The molecule has 0 saturated carbocycles. The van der Waals surface area contributed by atoms with Crippen LogP contribution < -0.4 is 10.6 Å². The molecule has 0 atom stereocenters. The summed E-state index contributed by atoms with van der Waals surface area (Å²) in [5, 5.41) is 0. The van der Waals surface area contributed by atoms with E-state index in [0.29, 0.717) is 19.6 Å². The molecule has 1 aliphatic rings. The topological polar surface area (TPSA) is 49.6 Å². The van der Waals surface area contributed by atoms with Crippen LogP contribution >= 0.6 is 0 Å². The molecular weight excluding hydrogens is 298 g/mol. The van der Waals surface area contributed by atoms with E-state index in [4.69, 9.17) is 5.73 Å². The van der Waals surface area contributed by atoms with Crippen molar-refractivity contribution in [3.05, 3.63) is 59.7 Å². The zero-order valence-corrected chi connectivity index (χ0v) is 14.2. The summed E-state index contributed by atoms with van der Waals surface area (Å²) in [5.41, 5.74) is 10.4. The largest absolute Gasteiger partial charge is 0.398 e. The predicted molar refractivity (Wildman–Crippen MR) is 98.9 cm³/mol. The molecule has 0 aromatic heterocycles. The number of nitrogens with zero attached hydrogens (tertiary/aromatic N) is 2. The fourth-order valence-corrected chi connectivity index (χ4v) is 3.34. The highest BCUT2D eigenvalue weighted by Crippen LogP contribution is 2.31. The average Bonchev–Trinajstić information content (AvgIpc) is 2.61. The van der Waals surface area contributed by atoms with Gasteiger partial charge in [-0.1, -0.05) is 36.4 Å². The van der Waals surface area contributed by atoms with Gasteiger partial charge in [-0.25, -0.2) is 0 Å². The van der Waals surface area contributed by atoms with Gasteiger partial charge in [0.1, 0.15) is 0 Å². The summed E-state index contributed by atoms with van der Waals surface area (Å²) >= 11 is 0. The molecule has 2 aromatic rings. The number of carbonyl (C=O) groups is 1. The van der Waals surface area contributed by atoms with Crippen LogP contribution in [0.5, 0.6) is 0 Å². The van der Waals surface area contributed by atoms with Crippen molar-refractivity contribution < 1.29 is 4.79 Å². The van der Waals surface area contributed by atoms with E-state index in [1.807, 2.05) is 42.2 Å². The van der Waals surface area contributed by atoms with Gasteiger partial charge in [-0.05, 0) is 43.0 Å². The van der Waals surface area contributed by atoms with Crippen LogP contribution in [0.1, 0.15) is 24.5 Å². The molecule has 2 aromatic carbocycles. The molecule has 0 bridgehead atoms. The Morgan fingerprint density at radius 1 is 1.17 bits per heavy atom. The van der Waals surface area contributed by atoms with E-state index in [0.717, 1.165) is 36.3 Å². The van der Waals surface area contributed by atoms with Gasteiger partial charge < -0.3 is 15.5 Å². The van der Waals surface area contributed by atoms with Crippen molar-refractivity contribution in [3.8, 4) is 0 Å². The van der Waals surface area contributed by atoms with Gasteiger partial charge in [0.05, 0.1) is 6.54 Å². The van der Waals surface area contributed by atoms with Gasteiger partial charge in [0.2, 0.25) is 5.91 Å². The van der Waals surface area contributed by atoms with Gasteiger partial charge in [0.15, 0.2) is 0 Å². The quantitative estimate of drug-likeness (QED) is 0.860. The minimum Gasteiger partial charge on any atom is -0.398 e. The molecule has 4 heteroatoms. The molecule has 4 nitrogen and oxygen atoms in total. The number of benzene rings is 2. The third-order valence-electron chi connectivity index (χ3n) is 4.66. The standard InChI is InChI=1S/C20H25N3O/c1-2-22(14-16-8-4-3-5-9-16)20(24)15-23-13-7-10-17-18(21)11-6-12-19(17)23/h3-6,8-9,11-12H,2,7,10,13-15,21H2,1H3. The van der Waals surface area contributed by atoms with E-state index < -0.39 is 0 Å². The average molecular weight is 323 g/mol. The lowest BCUT2D eigenvalue weighted by Gasteiger charge is -2.33.